The molecule has 1 saturated heterocycles. The molecular weight excluding hydrogens is 242 g/mol. The number of phenolic OH excluding ortho intramolecular Hbond substituents is 1. The molecule has 1 aromatic carbocycles. The number of nitrogens with one attached hydrogen (secondary N) is 1. The fourth-order valence-electron chi connectivity index (χ4n) is 2.41. The molecule has 0 bridgehead atoms. The number of hydrogen-bond donors (Lipinski definition) is 2. The van der Waals surface area contributed by atoms with E-state index in [1.165, 1.54) is 0 Å². The van der Waals surface area contributed by atoms with Crippen LogP contribution >= 0.6 is 0 Å². The Kier molecular flexibility index (Phi) is 4.27. The maximum atomic E-state index is 11.6. The monoisotopic (exact) mass is 263 g/mol. The molecule has 2 rings (SSSR count). The summed E-state index contributed by atoms with van der Waals surface area (Å²) in [6.07, 6.45) is 0. The number of benzene rings is 1. The van der Waals surface area contributed by atoms with Crippen LogP contribution in [0.2, 0.25) is 0 Å². The van der Waals surface area contributed by atoms with E-state index >= 15 is 0 Å². The average Bonchev–Trinajstić information content (AvgIpc) is 2.46. The first kappa shape index (κ1) is 13.7. The number of phenols is 1. The van der Waals surface area contributed by atoms with Gasteiger partial charge in [0.1, 0.15) is 5.75 Å². The summed E-state index contributed by atoms with van der Waals surface area (Å²) in [5.41, 5.74) is 1.12. The van der Waals surface area contributed by atoms with Gasteiger partial charge in [-0.15, -0.1) is 0 Å². The van der Waals surface area contributed by atoms with Crippen LogP contribution in [0.4, 0.5) is 5.69 Å². The Bertz CT molecular complexity index is 425. The molecule has 0 aliphatic carbocycles. The summed E-state index contributed by atoms with van der Waals surface area (Å²) < 4.78 is 0. The number of anilines is 1. The molecule has 1 amide bonds. The lowest BCUT2D eigenvalue weighted by atomic mass is 10.2. The van der Waals surface area contributed by atoms with E-state index in [1.807, 2.05) is 19.1 Å². The van der Waals surface area contributed by atoms with Crippen molar-refractivity contribution in [3.8, 4) is 5.75 Å². The zero-order valence-electron chi connectivity index (χ0n) is 11.5. The summed E-state index contributed by atoms with van der Waals surface area (Å²) in [7, 11) is 1.67. The van der Waals surface area contributed by atoms with Gasteiger partial charge < -0.3 is 15.3 Å². The quantitative estimate of drug-likeness (QED) is 0.840. The largest absolute Gasteiger partial charge is 0.508 e. The van der Waals surface area contributed by atoms with Crippen molar-refractivity contribution in [1.82, 2.24) is 10.2 Å². The third-order valence-corrected chi connectivity index (χ3v) is 3.70. The third kappa shape index (κ3) is 3.17. The van der Waals surface area contributed by atoms with Gasteiger partial charge in [-0.2, -0.15) is 0 Å². The summed E-state index contributed by atoms with van der Waals surface area (Å²) in [6.45, 7) is 5.47. The summed E-state index contributed by atoms with van der Waals surface area (Å²) in [5, 5.41) is 12.0. The highest BCUT2D eigenvalue weighted by Crippen LogP contribution is 2.20. The first-order valence-electron chi connectivity index (χ1n) is 6.61. The molecule has 0 spiro atoms. The average molecular weight is 263 g/mol. The molecule has 0 radical (unpaired) electrons. The highest BCUT2D eigenvalue weighted by atomic mass is 16.3. The van der Waals surface area contributed by atoms with Gasteiger partial charge >= 0.3 is 0 Å². The Balaban J connectivity index is 1.92. The maximum Gasteiger partial charge on any atom is 0.236 e. The Hall–Kier alpha value is -1.75. The van der Waals surface area contributed by atoms with Crippen LogP contribution < -0.4 is 10.2 Å². The van der Waals surface area contributed by atoms with Gasteiger partial charge in [-0.25, -0.2) is 0 Å². The SMILES string of the molecule is CNC(=O)[C@H](C)N1CCN(c2ccc(O)cc2)CC1. The van der Waals surface area contributed by atoms with Gasteiger partial charge in [0.25, 0.3) is 0 Å². The van der Waals surface area contributed by atoms with Crippen LogP contribution in [0.25, 0.3) is 0 Å². The number of hydrogen-bond acceptors (Lipinski definition) is 4. The van der Waals surface area contributed by atoms with Crippen LogP contribution in [-0.2, 0) is 4.79 Å². The van der Waals surface area contributed by atoms with Gasteiger partial charge in [-0.1, -0.05) is 0 Å². The minimum absolute atomic E-state index is 0.0677. The van der Waals surface area contributed by atoms with Gasteiger partial charge in [0.15, 0.2) is 0 Å². The lowest BCUT2D eigenvalue weighted by Crippen LogP contribution is -2.53. The van der Waals surface area contributed by atoms with Crippen LogP contribution in [-0.4, -0.2) is 55.2 Å². The highest BCUT2D eigenvalue weighted by molar-refractivity contribution is 5.81. The first-order valence-corrected chi connectivity index (χ1v) is 6.61. The number of carbonyl (C=O) groups excluding carboxylic acids is 1. The summed E-state index contributed by atoms with van der Waals surface area (Å²) in [6, 6.07) is 7.18. The van der Waals surface area contributed by atoms with Gasteiger partial charge in [-0.3, -0.25) is 9.69 Å². The van der Waals surface area contributed by atoms with Crippen molar-refractivity contribution in [2.24, 2.45) is 0 Å². The van der Waals surface area contributed by atoms with E-state index in [1.54, 1.807) is 19.2 Å². The Morgan fingerprint density at radius 1 is 1.21 bits per heavy atom. The molecule has 5 heteroatoms. The molecule has 0 unspecified atom stereocenters. The van der Waals surface area contributed by atoms with Crippen LogP contribution in [0.3, 0.4) is 0 Å². The van der Waals surface area contributed by atoms with E-state index in [2.05, 4.69) is 15.1 Å². The maximum absolute atomic E-state index is 11.6. The first-order chi connectivity index (χ1) is 9.11. The predicted molar refractivity (Wildman–Crippen MR) is 75.4 cm³/mol. The second-order valence-corrected chi connectivity index (χ2v) is 4.83. The minimum atomic E-state index is -0.0769. The molecule has 0 saturated carbocycles. The molecule has 5 nitrogen and oxygen atoms in total. The number of nitrogens with zero attached hydrogens (tertiary/aromatic N) is 2. The molecule has 1 atom stereocenters. The van der Waals surface area contributed by atoms with Crippen molar-refractivity contribution in [1.29, 1.82) is 0 Å². The van der Waals surface area contributed by atoms with E-state index in [9.17, 15) is 9.90 Å². The zero-order valence-corrected chi connectivity index (χ0v) is 11.5. The number of piperazine rings is 1. The highest BCUT2D eigenvalue weighted by Gasteiger charge is 2.24. The lowest BCUT2D eigenvalue weighted by Gasteiger charge is -2.38. The fourth-order valence-corrected chi connectivity index (χ4v) is 2.41. The van der Waals surface area contributed by atoms with E-state index < -0.39 is 0 Å². The van der Waals surface area contributed by atoms with Crippen LogP contribution in [0.15, 0.2) is 24.3 Å². The van der Waals surface area contributed by atoms with Gasteiger partial charge in [0.05, 0.1) is 6.04 Å². The van der Waals surface area contributed by atoms with E-state index in [-0.39, 0.29) is 17.7 Å². The molecule has 1 aliphatic heterocycles. The minimum Gasteiger partial charge on any atom is -0.508 e. The smallest absolute Gasteiger partial charge is 0.236 e. The molecule has 104 valence electrons. The van der Waals surface area contributed by atoms with Crippen LogP contribution in [0.1, 0.15) is 6.92 Å². The number of aromatic hydroxyl groups is 1. The lowest BCUT2D eigenvalue weighted by molar-refractivity contribution is -0.125. The number of rotatable bonds is 3. The number of carbonyl (C=O) groups is 1. The fraction of sp³-hybridized carbons (Fsp3) is 0.500. The number of amides is 1. The van der Waals surface area contributed by atoms with Gasteiger partial charge in [-0.05, 0) is 31.2 Å². The molecule has 1 aliphatic rings. The second-order valence-electron chi connectivity index (χ2n) is 4.83. The molecule has 2 N–H and O–H groups in total. The Labute approximate surface area is 113 Å². The summed E-state index contributed by atoms with van der Waals surface area (Å²) in [5.74, 6) is 0.355. The van der Waals surface area contributed by atoms with Crippen molar-refractivity contribution < 1.29 is 9.90 Å². The number of likely N-dealkylation sites (N-methyl/N-ethyl adjacent to an activating group) is 1. The van der Waals surface area contributed by atoms with Crippen LogP contribution in [0, 0.1) is 0 Å². The van der Waals surface area contributed by atoms with Crippen molar-refractivity contribution in [2.75, 3.05) is 38.1 Å². The Morgan fingerprint density at radius 2 is 1.79 bits per heavy atom. The zero-order chi connectivity index (χ0) is 13.8. The molecule has 0 aromatic heterocycles. The van der Waals surface area contributed by atoms with E-state index in [0.29, 0.717) is 0 Å². The van der Waals surface area contributed by atoms with Crippen LogP contribution in [0.5, 0.6) is 5.75 Å². The normalized spacial score (nSPS) is 18.1. The molecule has 1 heterocycles. The molecule has 1 aromatic rings. The Morgan fingerprint density at radius 3 is 2.32 bits per heavy atom. The van der Waals surface area contributed by atoms with Gasteiger partial charge in [0, 0.05) is 38.9 Å². The van der Waals surface area contributed by atoms with Crippen molar-refractivity contribution in [3.05, 3.63) is 24.3 Å². The van der Waals surface area contributed by atoms with Gasteiger partial charge in [0.2, 0.25) is 5.91 Å². The second kappa shape index (κ2) is 5.93. The molecule has 19 heavy (non-hydrogen) atoms. The topological polar surface area (TPSA) is 55.8 Å². The standard InChI is InChI=1S/C14H21N3O2/c1-11(14(19)15-2)16-7-9-17(10-8-16)12-3-5-13(18)6-4-12/h3-6,11,18H,7-10H2,1-2H3,(H,15,19)/t11-/m0/s1. The predicted octanol–water partition coefficient (Wildman–Crippen LogP) is 0.649. The van der Waals surface area contributed by atoms with Crippen molar-refractivity contribution in [3.63, 3.8) is 0 Å². The summed E-state index contributed by atoms with van der Waals surface area (Å²) in [4.78, 5) is 16.1. The summed E-state index contributed by atoms with van der Waals surface area (Å²) >= 11 is 0. The molecular formula is C14H21N3O2. The third-order valence-electron chi connectivity index (χ3n) is 3.70. The van der Waals surface area contributed by atoms with Crippen molar-refractivity contribution >= 4 is 11.6 Å². The molecule has 1 fully saturated rings. The van der Waals surface area contributed by atoms with E-state index in [0.717, 1.165) is 31.9 Å². The van der Waals surface area contributed by atoms with E-state index in [4.69, 9.17) is 0 Å². The van der Waals surface area contributed by atoms with Crippen molar-refractivity contribution in [2.45, 2.75) is 13.0 Å².